The number of amides is 1. The predicted octanol–water partition coefficient (Wildman–Crippen LogP) is 2.65. The molecular weight excluding hydrogens is 322 g/mol. The quantitative estimate of drug-likeness (QED) is 0.904. The molecule has 0 spiro atoms. The van der Waals surface area contributed by atoms with Gasteiger partial charge in [-0.1, -0.05) is 6.92 Å². The van der Waals surface area contributed by atoms with Gasteiger partial charge in [-0.2, -0.15) is 5.10 Å². The number of H-pyrrole nitrogens is 1. The van der Waals surface area contributed by atoms with E-state index in [1.165, 1.54) is 12.8 Å². The zero-order valence-electron chi connectivity index (χ0n) is 14.0. The van der Waals surface area contributed by atoms with Gasteiger partial charge in [-0.15, -0.1) is 11.3 Å². The van der Waals surface area contributed by atoms with E-state index in [1.807, 2.05) is 10.3 Å². The van der Waals surface area contributed by atoms with Crippen molar-refractivity contribution in [2.45, 2.75) is 57.3 Å². The maximum atomic E-state index is 12.5. The van der Waals surface area contributed by atoms with Crippen molar-refractivity contribution in [3.05, 3.63) is 27.7 Å². The van der Waals surface area contributed by atoms with Gasteiger partial charge in [0.25, 0.3) is 0 Å². The molecular formula is C17H23N5OS. The molecule has 1 amide bonds. The van der Waals surface area contributed by atoms with Gasteiger partial charge in [0.15, 0.2) is 5.82 Å². The summed E-state index contributed by atoms with van der Waals surface area (Å²) in [6.45, 7) is 3.69. The second-order valence-electron chi connectivity index (χ2n) is 6.77. The van der Waals surface area contributed by atoms with Crippen LogP contribution in [0.15, 0.2) is 5.38 Å². The molecule has 128 valence electrons. The summed E-state index contributed by atoms with van der Waals surface area (Å²) in [6, 6.07) is 0. The van der Waals surface area contributed by atoms with Crippen LogP contribution in [0.4, 0.5) is 0 Å². The fourth-order valence-electron chi connectivity index (χ4n) is 3.26. The van der Waals surface area contributed by atoms with Crippen LogP contribution in [0, 0.1) is 0 Å². The molecule has 0 unspecified atom stereocenters. The van der Waals surface area contributed by atoms with E-state index >= 15 is 0 Å². The van der Waals surface area contributed by atoms with Crippen molar-refractivity contribution in [1.29, 1.82) is 0 Å². The zero-order chi connectivity index (χ0) is 16.5. The van der Waals surface area contributed by atoms with Crippen molar-refractivity contribution in [3.63, 3.8) is 0 Å². The van der Waals surface area contributed by atoms with Gasteiger partial charge in [0.2, 0.25) is 5.91 Å². The smallest absolute Gasteiger partial charge is 0.228 e. The number of aromatic nitrogens is 4. The summed E-state index contributed by atoms with van der Waals surface area (Å²) >= 11 is 1.64. The number of aryl methyl sites for hydroxylation is 1. The van der Waals surface area contributed by atoms with E-state index < -0.39 is 0 Å². The standard InChI is InChI=1S/C17H23N5OS/c1-2-14-18-13(10-24-14)9-15(23)22-7-5-12(6-8-22)17-19-16(20-21-17)11-3-4-11/h10-12H,2-9H2,1H3,(H,19,20,21). The SMILES string of the molecule is CCc1nc(CC(=O)N2CCC(c3nc(C4CC4)n[nH]3)CC2)cs1. The third-order valence-electron chi connectivity index (χ3n) is 4.93. The number of nitrogens with one attached hydrogen (secondary N) is 1. The Morgan fingerprint density at radius 2 is 2.04 bits per heavy atom. The van der Waals surface area contributed by atoms with E-state index in [4.69, 9.17) is 0 Å². The number of thiazole rings is 1. The molecule has 0 aromatic carbocycles. The Balaban J connectivity index is 1.30. The minimum atomic E-state index is 0.192. The Labute approximate surface area is 145 Å². The fourth-order valence-corrected chi connectivity index (χ4v) is 4.00. The van der Waals surface area contributed by atoms with Gasteiger partial charge < -0.3 is 4.90 Å². The number of hydrogen-bond acceptors (Lipinski definition) is 5. The van der Waals surface area contributed by atoms with Crippen molar-refractivity contribution < 1.29 is 4.79 Å². The van der Waals surface area contributed by atoms with Gasteiger partial charge >= 0.3 is 0 Å². The van der Waals surface area contributed by atoms with E-state index in [0.29, 0.717) is 18.3 Å². The largest absolute Gasteiger partial charge is 0.342 e. The van der Waals surface area contributed by atoms with E-state index in [2.05, 4.69) is 27.1 Å². The minimum absolute atomic E-state index is 0.192. The molecule has 4 rings (SSSR count). The van der Waals surface area contributed by atoms with Crippen molar-refractivity contribution in [3.8, 4) is 0 Å². The molecule has 1 aliphatic carbocycles. The Hall–Kier alpha value is -1.76. The van der Waals surface area contributed by atoms with Gasteiger partial charge in [0.1, 0.15) is 5.82 Å². The Bertz CT molecular complexity index is 712. The molecule has 1 saturated heterocycles. The van der Waals surface area contributed by atoms with Crippen LogP contribution in [0.3, 0.4) is 0 Å². The number of carbonyl (C=O) groups is 1. The number of rotatable bonds is 5. The molecule has 0 radical (unpaired) electrons. The van der Waals surface area contributed by atoms with Crippen LogP contribution in [-0.4, -0.2) is 44.1 Å². The van der Waals surface area contributed by atoms with Gasteiger partial charge in [0, 0.05) is 30.3 Å². The average molecular weight is 345 g/mol. The summed E-state index contributed by atoms with van der Waals surface area (Å²) in [5.74, 6) is 3.18. The molecule has 1 aliphatic heterocycles. The zero-order valence-corrected chi connectivity index (χ0v) is 14.8. The summed E-state index contributed by atoms with van der Waals surface area (Å²) in [7, 11) is 0. The maximum Gasteiger partial charge on any atom is 0.228 e. The first-order valence-electron chi connectivity index (χ1n) is 8.86. The van der Waals surface area contributed by atoms with E-state index in [9.17, 15) is 4.79 Å². The van der Waals surface area contributed by atoms with Gasteiger partial charge in [-0.05, 0) is 32.1 Å². The third-order valence-corrected chi connectivity index (χ3v) is 5.97. The summed E-state index contributed by atoms with van der Waals surface area (Å²) in [4.78, 5) is 23.6. The lowest BCUT2D eigenvalue weighted by Crippen LogP contribution is -2.39. The number of hydrogen-bond donors (Lipinski definition) is 1. The van der Waals surface area contributed by atoms with Crippen molar-refractivity contribution in [2.75, 3.05) is 13.1 Å². The third kappa shape index (κ3) is 3.36. The fraction of sp³-hybridized carbons (Fsp3) is 0.647. The summed E-state index contributed by atoms with van der Waals surface area (Å²) in [5.41, 5.74) is 0.910. The van der Waals surface area contributed by atoms with Crippen LogP contribution < -0.4 is 0 Å². The molecule has 7 heteroatoms. The molecule has 6 nitrogen and oxygen atoms in total. The lowest BCUT2D eigenvalue weighted by molar-refractivity contribution is -0.131. The Kier molecular flexibility index (Phi) is 4.35. The minimum Gasteiger partial charge on any atom is -0.342 e. The van der Waals surface area contributed by atoms with E-state index in [0.717, 1.165) is 54.7 Å². The van der Waals surface area contributed by atoms with Crippen LogP contribution in [-0.2, 0) is 17.6 Å². The first-order valence-corrected chi connectivity index (χ1v) is 9.74. The maximum absolute atomic E-state index is 12.5. The van der Waals surface area contributed by atoms with E-state index in [1.54, 1.807) is 11.3 Å². The highest BCUT2D eigenvalue weighted by Gasteiger charge is 2.30. The molecule has 0 atom stereocenters. The highest BCUT2D eigenvalue weighted by Crippen LogP contribution is 2.38. The van der Waals surface area contributed by atoms with Gasteiger partial charge in [-0.3, -0.25) is 9.89 Å². The monoisotopic (exact) mass is 345 g/mol. The molecule has 2 fully saturated rings. The van der Waals surface area contributed by atoms with Crippen molar-refractivity contribution >= 4 is 17.2 Å². The number of piperidine rings is 1. The van der Waals surface area contributed by atoms with E-state index in [-0.39, 0.29) is 5.91 Å². The van der Waals surface area contributed by atoms with Crippen LogP contribution in [0.1, 0.15) is 66.8 Å². The van der Waals surface area contributed by atoms with Crippen molar-refractivity contribution in [2.24, 2.45) is 0 Å². The number of aromatic amines is 1. The summed E-state index contributed by atoms with van der Waals surface area (Å²) < 4.78 is 0. The lowest BCUT2D eigenvalue weighted by atomic mass is 9.96. The Morgan fingerprint density at radius 1 is 1.25 bits per heavy atom. The van der Waals surface area contributed by atoms with Crippen LogP contribution in [0.2, 0.25) is 0 Å². The molecule has 1 N–H and O–H groups in total. The molecule has 1 saturated carbocycles. The summed E-state index contributed by atoms with van der Waals surface area (Å²) in [5, 5.41) is 10.6. The van der Waals surface area contributed by atoms with Crippen molar-refractivity contribution in [1.82, 2.24) is 25.1 Å². The molecule has 3 heterocycles. The molecule has 2 aromatic rings. The lowest BCUT2D eigenvalue weighted by Gasteiger charge is -2.30. The Morgan fingerprint density at radius 3 is 2.71 bits per heavy atom. The molecule has 2 aliphatic rings. The number of carbonyl (C=O) groups excluding carboxylic acids is 1. The van der Waals surface area contributed by atoms with Gasteiger partial charge in [0.05, 0.1) is 17.1 Å². The first-order chi connectivity index (χ1) is 11.7. The van der Waals surface area contributed by atoms with Crippen LogP contribution >= 0.6 is 11.3 Å². The highest BCUT2D eigenvalue weighted by atomic mass is 32.1. The number of likely N-dealkylation sites (tertiary alicyclic amines) is 1. The van der Waals surface area contributed by atoms with Crippen LogP contribution in [0.5, 0.6) is 0 Å². The summed E-state index contributed by atoms with van der Waals surface area (Å²) in [6.07, 6.45) is 5.73. The molecule has 0 bridgehead atoms. The van der Waals surface area contributed by atoms with Gasteiger partial charge in [-0.25, -0.2) is 9.97 Å². The normalized spacial score (nSPS) is 19.0. The number of nitrogens with zero attached hydrogens (tertiary/aromatic N) is 4. The molecule has 24 heavy (non-hydrogen) atoms. The van der Waals surface area contributed by atoms with Crippen LogP contribution in [0.25, 0.3) is 0 Å². The molecule has 2 aromatic heterocycles. The highest BCUT2D eigenvalue weighted by molar-refractivity contribution is 7.09. The predicted molar refractivity (Wildman–Crippen MR) is 92.1 cm³/mol. The second kappa shape index (κ2) is 6.63. The average Bonchev–Trinajstić information content (AvgIpc) is 3.17. The topological polar surface area (TPSA) is 74.8 Å². The first kappa shape index (κ1) is 15.7. The second-order valence-corrected chi connectivity index (χ2v) is 7.71.